The van der Waals surface area contributed by atoms with E-state index in [1.54, 1.807) is 0 Å². The molecule has 19 aromatic carbocycles. The van der Waals surface area contributed by atoms with Gasteiger partial charge in [0.2, 0.25) is 0 Å². The van der Waals surface area contributed by atoms with Crippen LogP contribution in [0, 0.1) is 27.7 Å². The van der Waals surface area contributed by atoms with Crippen molar-refractivity contribution in [2.24, 2.45) is 0 Å². The van der Waals surface area contributed by atoms with Crippen LogP contribution in [0.15, 0.2) is 231 Å². The number of aryl methyl sites for hydroxylation is 4. The van der Waals surface area contributed by atoms with Crippen LogP contribution in [-0.4, -0.2) is 0 Å². The van der Waals surface area contributed by atoms with Crippen molar-refractivity contribution < 1.29 is 0 Å². The van der Waals surface area contributed by atoms with Crippen LogP contribution in [0.25, 0.3) is 207 Å². The van der Waals surface area contributed by atoms with Crippen molar-refractivity contribution in [3.8, 4) is 66.8 Å². The molecule has 0 atom stereocenters. The highest BCUT2D eigenvalue weighted by molar-refractivity contribution is 6.48. The van der Waals surface area contributed by atoms with Crippen molar-refractivity contribution in [2.75, 3.05) is 0 Å². The molecule has 0 saturated heterocycles. The average molecular weight is 1060 g/mol. The van der Waals surface area contributed by atoms with Crippen molar-refractivity contribution >= 4 is 140 Å². The quantitative estimate of drug-likeness (QED) is 0.122. The van der Waals surface area contributed by atoms with Gasteiger partial charge >= 0.3 is 0 Å². The maximum Gasteiger partial charge on any atom is -0.00137 e. The first-order valence-electron chi connectivity index (χ1n) is 29.8. The molecule has 0 radical (unpaired) electrons. The lowest BCUT2D eigenvalue weighted by Gasteiger charge is -2.28. The molecule has 19 aromatic rings. The minimum Gasteiger partial charge on any atom is -0.0622 e. The predicted molar refractivity (Wildman–Crippen MR) is 364 cm³/mol. The third-order valence-corrected chi connectivity index (χ3v) is 20.7. The molecule has 0 heterocycles. The van der Waals surface area contributed by atoms with Gasteiger partial charge < -0.3 is 0 Å². The van der Waals surface area contributed by atoms with Gasteiger partial charge in [-0.3, -0.25) is 0 Å². The predicted octanol–water partition coefficient (Wildman–Crippen LogP) is 24.0. The minimum atomic E-state index is 1.21. The third-order valence-electron chi connectivity index (χ3n) is 20.7. The van der Waals surface area contributed by atoms with E-state index in [2.05, 4.69) is 258 Å². The van der Waals surface area contributed by atoms with Crippen LogP contribution >= 0.6 is 0 Å². The summed E-state index contributed by atoms with van der Waals surface area (Å²) in [4.78, 5) is 0. The molecule has 0 fully saturated rings. The van der Waals surface area contributed by atoms with Crippen molar-refractivity contribution in [1.29, 1.82) is 0 Å². The van der Waals surface area contributed by atoms with Gasteiger partial charge in [0, 0.05) is 0 Å². The van der Waals surface area contributed by atoms with Gasteiger partial charge in [-0.1, -0.05) is 231 Å². The van der Waals surface area contributed by atoms with E-state index in [1.807, 2.05) is 0 Å². The molecule has 0 heteroatoms. The number of rotatable bonds is 4. The Morgan fingerprint density at radius 3 is 0.774 bits per heavy atom. The summed E-state index contributed by atoms with van der Waals surface area (Å²) in [5.74, 6) is 0. The van der Waals surface area contributed by atoms with E-state index in [0.717, 1.165) is 0 Å². The van der Waals surface area contributed by atoms with Gasteiger partial charge in [-0.05, 0) is 257 Å². The number of hydrogen-bond donors (Lipinski definition) is 0. The zero-order valence-electron chi connectivity index (χ0n) is 46.9. The molecule has 0 unspecified atom stereocenters. The number of fused-ring (bicyclic) bond motifs is 14. The Morgan fingerprint density at radius 2 is 0.429 bits per heavy atom. The molecule has 0 aliphatic heterocycles. The normalized spacial score (nSPS) is 12.8. The fourth-order valence-corrected chi connectivity index (χ4v) is 17.6. The fourth-order valence-electron chi connectivity index (χ4n) is 17.6. The average Bonchev–Trinajstić information content (AvgIpc) is 1.54. The van der Waals surface area contributed by atoms with E-state index >= 15 is 0 Å². The third kappa shape index (κ3) is 5.30. The Hall–Kier alpha value is -10.4. The van der Waals surface area contributed by atoms with E-state index in [4.69, 9.17) is 0 Å². The van der Waals surface area contributed by atoms with Crippen LogP contribution in [0.1, 0.15) is 22.3 Å². The van der Waals surface area contributed by atoms with Crippen LogP contribution in [0.3, 0.4) is 0 Å². The Kier molecular flexibility index (Phi) is 8.50. The highest BCUT2D eigenvalue weighted by Gasteiger charge is 2.34. The minimum absolute atomic E-state index is 1.21. The van der Waals surface area contributed by atoms with E-state index in [9.17, 15) is 0 Å². The molecule has 0 nitrogen and oxygen atoms in total. The van der Waals surface area contributed by atoms with E-state index < -0.39 is 0 Å². The van der Waals surface area contributed by atoms with Crippen LogP contribution in [-0.2, 0) is 0 Å². The Balaban J connectivity index is 0.877. The second-order valence-electron chi connectivity index (χ2n) is 24.4. The first-order valence-corrected chi connectivity index (χ1v) is 29.8. The summed E-state index contributed by atoms with van der Waals surface area (Å²) in [5.41, 5.74) is 20.8. The van der Waals surface area contributed by atoms with Gasteiger partial charge in [0.1, 0.15) is 0 Å². The molecule has 0 saturated carbocycles. The lowest BCUT2D eigenvalue weighted by atomic mass is 9.75. The smallest absolute Gasteiger partial charge is 0.00137 e. The van der Waals surface area contributed by atoms with Gasteiger partial charge in [0.15, 0.2) is 0 Å². The lowest BCUT2D eigenvalue weighted by Crippen LogP contribution is -2.02. The first kappa shape index (κ1) is 45.2. The van der Waals surface area contributed by atoms with Crippen LogP contribution in [0.5, 0.6) is 0 Å². The standard InChI is InChI=1S/C84H50/c1-43-66-60-29-17-27-47-28-18-30-61(74(47)60)67(66)44(2)69-63-40-36-57-53-32-34-55-59-38-42-65-71-46(4)73-72(75(48-19-9-5-10-20-48)77(50-23-13-7-14-24-50)78(51-25-15-8-16-26-51)76(73)49-21-11-6-12-22-49)45(3)70(71)64-41-37-58(82(59)84(64)65)54-33-31-52(79(53)80(54)55)56-35-39-62(68(43)69)83(63)81(56)57/h5-42H,1-4H3. The topological polar surface area (TPSA) is 0 Å². The van der Waals surface area contributed by atoms with Crippen molar-refractivity contribution in [3.63, 3.8) is 0 Å². The largest absolute Gasteiger partial charge is 0.0622 e. The Morgan fingerprint density at radius 1 is 0.155 bits per heavy atom. The monoisotopic (exact) mass is 1060 g/mol. The summed E-state index contributed by atoms with van der Waals surface area (Å²) in [6.07, 6.45) is 0. The summed E-state index contributed by atoms with van der Waals surface area (Å²) >= 11 is 0. The Bertz CT molecular complexity index is 5770. The fraction of sp³-hybridized carbons (Fsp3) is 0.0476. The van der Waals surface area contributed by atoms with Gasteiger partial charge in [-0.25, -0.2) is 0 Å². The molecule has 0 bridgehead atoms. The molecule has 0 aromatic heterocycles. The number of benzene rings is 17. The number of hydrogen-bond acceptors (Lipinski definition) is 0. The zero-order valence-corrected chi connectivity index (χ0v) is 46.9. The van der Waals surface area contributed by atoms with Crippen molar-refractivity contribution in [3.05, 3.63) is 253 Å². The molecule has 84 heavy (non-hydrogen) atoms. The van der Waals surface area contributed by atoms with Crippen LogP contribution in [0.2, 0.25) is 0 Å². The molecule has 20 rings (SSSR count). The molecular weight excluding hydrogens is 1010 g/mol. The first-order chi connectivity index (χ1) is 41.4. The van der Waals surface area contributed by atoms with E-state index in [0.29, 0.717) is 0 Å². The summed E-state index contributed by atoms with van der Waals surface area (Å²) < 4.78 is 0. The molecule has 0 amide bonds. The lowest BCUT2D eigenvalue weighted by molar-refractivity contribution is 1.46. The SMILES string of the molecule is Cc1c2c(c(C)c3c(-c4ccccc4)c(-c4ccccc4)c(-c4ccccc4)c(-c4ccccc4)c13)-c1ccc3c4ccc5c6ccc7c8c(C)c9c%10cccc%11cccc(c9c(C)c8c8ccc(c9ccc(c%12ccc-2c1c%123)c4c95)c6c87)c%11%10. The Labute approximate surface area is 484 Å². The van der Waals surface area contributed by atoms with E-state index in [1.165, 1.54) is 229 Å². The molecule has 0 spiro atoms. The van der Waals surface area contributed by atoms with Gasteiger partial charge in [-0.15, -0.1) is 0 Å². The summed E-state index contributed by atoms with van der Waals surface area (Å²) in [6, 6.07) is 88.1. The van der Waals surface area contributed by atoms with Gasteiger partial charge in [0.05, 0.1) is 0 Å². The second-order valence-corrected chi connectivity index (χ2v) is 24.4. The van der Waals surface area contributed by atoms with Crippen LogP contribution < -0.4 is 0 Å². The molecular formula is C84H50. The van der Waals surface area contributed by atoms with E-state index in [-0.39, 0.29) is 0 Å². The zero-order chi connectivity index (χ0) is 55.1. The molecule has 0 N–H and O–H groups in total. The highest BCUT2D eigenvalue weighted by Crippen LogP contribution is 2.61. The second kappa shape index (κ2) is 15.8. The molecule has 386 valence electrons. The molecule has 1 aliphatic rings. The van der Waals surface area contributed by atoms with Gasteiger partial charge in [0.25, 0.3) is 0 Å². The summed E-state index contributed by atoms with van der Waals surface area (Å²) in [7, 11) is 0. The maximum absolute atomic E-state index is 2.48. The maximum atomic E-state index is 2.48. The van der Waals surface area contributed by atoms with Gasteiger partial charge in [-0.2, -0.15) is 0 Å². The van der Waals surface area contributed by atoms with Crippen molar-refractivity contribution in [2.45, 2.75) is 27.7 Å². The van der Waals surface area contributed by atoms with Crippen LogP contribution in [0.4, 0.5) is 0 Å². The summed E-state index contributed by atoms with van der Waals surface area (Å²) in [6.45, 7) is 9.62. The molecule has 1 aliphatic carbocycles. The highest BCUT2D eigenvalue weighted by atomic mass is 14.4. The summed E-state index contributed by atoms with van der Waals surface area (Å²) in [5, 5.41) is 35.5. The van der Waals surface area contributed by atoms with Crippen molar-refractivity contribution in [1.82, 2.24) is 0 Å².